The molecule has 0 saturated heterocycles. The minimum atomic E-state index is -0.220. The summed E-state index contributed by atoms with van der Waals surface area (Å²) in [5.41, 5.74) is 6.66. The second kappa shape index (κ2) is 7.03. The number of hydrogen-bond acceptors (Lipinski definition) is 3. The number of ether oxygens (including phenoxy) is 1. The summed E-state index contributed by atoms with van der Waals surface area (Å²) < 4.78 is 5.31. The lowest BCUT2D eigenvalue weighted by atomic mass is 10.1. The number of nitrogens with two attached hydrogens (primary N) is 1. The zero-order valence-electron chi connectivity index (χ0n) is 10.3. The second-order valence-electron chi connectivity index (χ2n) is 3.86. The molecule has 0 radical (unpaired) electrons. The van der Waals surface area contributed by atoms with Crippen molar-refractivity contribution in [1.29, 1.82) is 0 Å². The van der Waals surface area contributed by atoms with Crippen molar-refractivity contribution in [3.05, 3.63) is 41.4 Å². The van der Waals surface area contributed by atoms with Crippen molar-refractivity contribution >= 4 is 17.5 Å². The van der Waals surface area contributed by atoms with E-state index in [4.69, 9.17) is 22.1 Å². The van der Waals surface area contributed by atoms with Gasteiger partial charge in [-0.15, -0.1) is 6.58 Å². The van der Waals surface area contributed by atoms with E-state index >= 15 is 0 Å². The first-order valence-electron chi connectivity index (χ1n) is 5.60. The average Bonchev–Trinajstić information content (AvgIpc) is 2.34. The molecule has 1 aromatic rings. The third-order valence-corrected chi connectivity index (χ3v) is 2.58. The lowest BCUT2D eigenvalue weighted by molar-refractivity contribution is -0.122. The Kier molecular flexibility index (Phi) is 5.68. The molecule has 0 saturated carbocycles. The van der Waals surface area contributed by atoms with Crippen LogP contribution in [0.15, 0.2) is 30.9 Å². The Morgan fingerprint density at radius 2 is 2.39 bits per heavy atom. The molecule has 0 unspecified atom stereocenters. The van der Waals surface area contributed by atoms with Gasteiger partial charge in [-0.25, -0.2) is 0 Å². The lowest BCUT2D eigenvalue weighted by Crippen LogP contribution is -2.28. The smallest absolute Gasteiger partial charge is 0.258 e. The number of carbonyl (C=O) groups is 1. The molecule has 5 heteroatoms. The van der Waals surface area contributed by atoms with Crippen LogP contribution in [0, 0.1) is 0 Å². The van der Waals surface area contributed by atoms with Gasteiger partial charge >= 0.3 is 0 Å². The monoisotopic (exact) mass is 268 g/mol. The fraction of sp³-hybridized carbons (Fsp3) is 0.308. The molecule has 98 valence electrons. The van der Waals surface area contributed by atoms with Crippen molar-refractivity contribution in [3.63, 3.8) is 0 Å². The Morgan fingerprint density at radius 1 is 1.67 bits per heavy atom. The molecule has 1 amide bonds. The van der Waals surface area contributed by atoms with Gasteiger partial charge < -0.3 is 15.8 Å². The molecule has 0 aliphatic rings. The summed E-state index contributed by atoms with van der Waals surface area (Å²) >= 11 is 6.03. The van der Waals surface area contributed by atoms with Crippen LogP contribution in [0.25, 0.3) is 0 Å². The zero-order chi connectivity index (χ0) is 13.5. The first-order valence-corrected chi connectivity index (χ1v) is 5.97. The van der Waals surface area contributed by atoms with Crippen LogP contribution in [-0.2, 0) is 4.79 Å². The zero-order valence-corrected chi connectivity index (χ0v) is 11.0. The molecular weight excluding hydrogens is 252 g/mol. The summed E-state index contributed by atoms with van der Waals surface area (Å²) in [6.45, 7) is 5.71. The number of hydrogen-bond donors (Lipinski definition) is 2. The van der Waals surface area contributed by atoms with Crippen LogP contribution in [-0.4, -0.2) is 19.1 Å². The molecule has 0 aliphatic heterocycles. The van der Waals surface area contributed by atoms with Gasteiger partial charge in [0.15, 0.2) is 6.61 Å². The number of rotatable bonds is 6. The Bertz CT molecular complexity index is 433. The van der Waals surface area contributed by atoms with E-state index in [1.165, 1.54) is 0 Å². The van der Waals surface area contributed by atoms with E-state index in [1.54, 1.807) is 18.2 Å². The minimum Gasteiger partial charge on any atom is -0.482 e. The van der Waals surface area contributed by atoms with Gasteiger partial charge in [0.1, 0.15) is 5.75 Å². The minimum absolute atomic E-state index is 0.0783. The van der Waals surface area contributed by atoms with Crippen LogP contribution in [0.3, 0.4) is 0 Å². The standard InChI is InChI=1S/C13H17ClN2O2/c1-3-6-16-13(17)8-18-12-5-4-10(9(2)15)7-11(12)14/h3-5,7,9H,1,6,8,15H2,2H3,(H,16,17)/t9-/m0/s1. The van der Waals surface area contributed by atoms with E-state index in [2.05, 4.69) is 11.9 Å². The summed E-state index contributed by atoms with van der Waals surface area (Å²) in [5, 5.41) is 3.05. The normalized spacial score (nSPS) is 11.7. The fourth-order valence-electron chi connectivity index (χ4n) is 1.30. The van der Waals surface area contributed by atoms with Gasteiger partial charge in [0.05, 0.1) is 5.02 Å². The van der Waals surface area contributed by atoms with Crippen molar-refractivity contribution < 1.29 is 9.53 Å². The Hall–Kier alpha value is -1.52. The van der Waals surface area contributed by atoms with Gasteiger partial charge in [-0.1, -0.05) is 23.7 Å². The van der Waals surface area contributed by atoms with Gasteiger partial charge in [0.2, 0.25) is 0 Å². The first kappa shape index (κ1) is 14.5. The lowest BCUT2D eigenvalue weighted by Gasteiger charge is -2.11. The number of amides is 1. The van der Waals surface area contributed by atoms with Gasteiger partial charge in [-0.05, 0) is 24.6 Å². The molecule has 18 heavy (non-hydrogen) atoms. The maximum Gasteiger partial charge on any atom is 0.258 e. The highest BCUT2D eigenvalue weighted by Crippen LogP contribution is 2.27. The number of nitrogens with one attached hydrogen (secondary N) is 1. The third kappa shape index (κ3) is 4.39. The summed E-state index contributed by atoms with van der Waals surface area (Å²) in [7, 11) is 0. The summed E-state index contributed by atoms with van der Waals surface area (Å²) in [4.78, 5) is 11.3. The van der Waals surface area contributed by atoms with E-state index in [9.17, 15) is 4.79 Å². The van der Waals surface area contributed by atoms with Gasteiger partial charge in [0.25, 0.3) is 5.91 Å². The predicted octanol–water partition coefficient (Wildman–Crippen LogP) is 2.04. The van der Waals surface area contributed by atoms with Crippen molar-refractivity contribution in [2.75, 3.05) is 13.2 Å². The van der Waals surface area contributed by atoms with Crippen LogP contribution in [0.5, 0.6) is 5.75 Å². The summed E-state index contributed by atoms with van der Waals surface area (Å²) in [5.74, 6) is 0.247. The van der Waals surface area contributed by atoms with Crippen LogP contribution < -0.4 is 15.8 Å². The van der Waals surface area contributed by atoms with E-state index in [1.807, 2.05) is 13.0 Å². The quantitative estimate of drug-likeness (QED) is 0.776. The number of carbonyl (C=O) groups excluding carboxylic acids is 1. The Labute approximate surface area is 112 Å². The number of halogens is 1. The second-order valence-corrected chi connectivity index (χ2v) is 4.27. The molecule has 0 heterocycles. The molecule has 0 aromatic heterocycles. The fourth-order valence-corrected chi connectivity index (χ4v) is 1.54. The van der Waals surface area contributed by atoms with E-state index < -0.39 is 0 Å². The summed E-state index contributed by atoms with van der Waals surface area (Å²) in [6, 6.07) is 5.19. The SMILES string of the molecule is C=CCNC(=O)COc1ccc([C@H](C)N)cc1Cl. The molecular formula is C13H17ClN2O2. The molecule has 4 nitrogen and oxygen atoms in total. The maximum atomic E-state index is 11.3. The Balaban J connectivity index is 2.57. The predicted molar refractivity (Wildman–Crippen MR) is 72.8 cm³/mol. The average molecular weight is 269 g/mol. The van der Waals surface area contributed by atoms with Crippen molar-refractivity contribution in [2.24, 2.45) is 5.73 Å². The molecule has 3 N–H and O–H groups in total. The van der Waals surface area contributed by atoms with E-state index in [0.717, 1.165) is 5.56 Å². The highest BCUT2D eigenvalue weighted by molar-refractivity contribution is 6.32. The van der Waals surface area contributed by atoms with Crippen molar-refractivity contribution in [3.8, 4) is 5.75 Å². The largest absolute Gasteiger partial charge is 0.482 e. The highest BCUT2D eigenvalue weighted by Gasteiger charge is 2.07. The van der Waals surface area contributed by atoms with Crippen LogP contribution in [0.1, 0.15) is 18.5 Å². The molecule has 0 bridgehead atoms. The van der Waals surface area contributed by atoms with Crippen molar-refractivity contribution in [2.45, 2.75) is 13.0 Å². The van der Waals surface area contributed by atoms with E-state index in [0.29, 0.717) is 17.3 Å². The van der Waals surface area contributed by atoms with Crippen LogP contribution in [0.4, 0.5) is 0 Å². The highest BCUT2D eigenvalue weighted by atomic mass is 35.5. The van der Waals surface area contributed by atoms with Crippen LogP contribution in [0.2, 0.25) is 5.02 Å². The van der Waals surface area contributed by atoms with Gasteiger partial charge in [-0.3, -0.25) is 4.79 Å². The third-order valence-electron chi connectivity index (χ3n) is 2.28. The molecule has 0 fully saturated rings. The Morgan fingerprint density at radius 3 is 2.94 bits per heavy atom. The molecule has 1 atom stereocenters. The maximum absolute atomic E-state index is 11.3. The van der Waals surface area contributed by atoms with Gasteiger partial charge in [0, 0.05) is 12.6 Å². The van der Waals surface area contributed by atoms with Gasteiger partial charge in [-0.2, -0.15) is 0 Å². The number of benzene rings is 1. The van der Waals surface area contributed by atoms with Crippen LogP contribution >= 0.6 is 11.6 Å². The van der Waals surface area contributed by atoms with E-state index in [-0.39, 0.29) is 18.6 Å². The summed E-state index contributed by atoms with van der Waals surface area (Å²) in [6.07, 6.45) is 1.60. The van der Waals surface area contributed by atoms with Crippen molar-refractivity contribution in [1.82, 2.24) is 5.32 Å². The molecule has 0 spiro atoms. The topological polar surface area (TPSA) is 64.3 Å². The first-order chi connectivity index (χ1) is 8.54. The molecule has 1 rings (SSSR count). The molecule has 0 aliphatic carbocycles. The molecule has 1 aromatic carbocycles.